The zero-order valence-corrected chi connectivity index (χ0v) is 9.96. The number of amides is 1. The van der Waals surface area contributed by atoms with Crippen LogP contribution in [0.3, 0.4) is 0 Å². The fraction of sp³-hybridized carbons (Fsp3) is 0.300. The Balaban J connectivity index is 2.10. The van der Waals surface area contributed by atoms with Crippen molar-refractivity contribution in [3.63, 3.8) is 0 Å². The van der Waals surface area contributed by atoms with Gasteiger partial charge in [-0.2, -0.15) is 4.98 Å². The molecule has 1 amide bonds. The maximum absolute atomic E-state index is 11.0. The van der Waals surface area contributed by atoms with E-state index in [0.717, 1.165) is 29.5 Å². The summed E-state index contributed by atoms with van der Waals surface area (Å²) < 4.78 is 2.50. The second-order valence-electron chi connectivity index (χ2n) is 3.77. The lowest BCUT2D eigenvalue weighted by Crippen LogP contribution is -2.24. The number of nitrogens with zero attached hydrogens (tertiary/aromatic N) is 4. The van der Waals surface area contributed by atoms with E-state index in [0.29, 0.717) is 5.95 Å². The van der Waals surface area contributed by atoms with Crippen molar-refractivity contribution < 1.29 is 4.79 Å². The van der Waals surface area contributed by atoms with E-state index >= 15 is 0 Å². The molecule has 0 spiro atoms. The molecule has 3 rings (SSSR count). The van der Waals surface area contributed by atoms with E-state index in [1.807, 2.05) is 18.2 Å². The van der Waals surface area contributed by atoms with Crippen LogP contribution < -0.4 is 4.90 Å². The minimum atomic E-state index is 0.286. The molecule has 1 saturated carbocycles. The highest BCUT2D eigenvalue weighted by molar-refractivity contribution is 9.10. The maximum Gasteiger partial charge on any atom is 0.252 e. The topological polar surface area (TPSA) is 50.5 Å². The average Bonchev–Trinajstić information content (AvgIpc) is 2.99. The number of hydrogen-bond acceptors (Lipinski definition) is 3. The van der Waals surface area contributed by atoms with E-state index in [-0.39, 0.29) is 6.04 Å². The summed E-state index contributed by atoms with van der Waals surface area (Å²) in [7, 11) is 0. The second-order valence-corrected chi connectivity index (χ2v) is 4.59. The summed E-state index contributed by atoms with van der Waals surface area (Å²) in [5.74, 6) is 0.476. The van der Waals surface area contributed by atoms with Crippen LogP contribution in [0, 0.1) is 0 Å². The van der Waals surface area contributed by atoms with Gasteiger partial charge in [-0.25, -0.2) is 4.52 Å². The first kappa shape index (κ1) is 9.77. The zero-order chi connectivity index (χ0) is 11.1. The quantitative estimate of drug-likeness (QED) is 0.634. The molecule has 16 heavy (non-hydrogen) atoms. The Morgan fingerprint density at radius 2 is 2.31 bits per heavy atom. The maximum atomic E-state index is 11.0. The molecule has 0 aliphatic heterocycles. The summed E-state index contributed by atoms with van der Waals surface area (Å²) in [5, 5.41) is 4.30. The molecule has 0 radical (unpaired) electrons. The Morgan fingerprint density at radius 1 is 1.50 bits per heavy atom. The van der Waals surface area contributed by atoms with Gasteiger partial charge in [0.1, 0.15) is 4.60 Å². The molecule has 1 aliphatic carbocycles. The van der Waals surface area contributed by atoms with Gasteiger partial charge in [0.05, 0.1) is 0 Å². The van der Waals surface area contributed by atoms with Gasteiger partial charge in [-0.3, -0.25) is 9.69 Å². The number of rotatable bonds is 3. The Bertz CT molecular complexity index is 549. The number of halogens is 1. The Hall–Kier alpha value is -1.43. The molecule has 0 N–H and O–H groups in total. The van der Waals surface area contributed by atoms with E-state index in [2.05, 4.69) is 26.0 Å². The van der Waals surface area contributed by atoms with Crippen molar-refractivity contribution >= 4 is 33.9 Å². The van der Waals surface area contributed by atoms with Gasteiger partial charge in [0, 0.05) is 6.04 Å². The highest BCUT2D eigenvalue weighted by atomic mass is 79.9. The van der Waals surface area contributed by atoms with E-state index < -0.39 is 0 Å². The van der Waals surface area contributed by atoms with Gasteiger partial charge in [0.25, 0.3) is 5.95 Å². The lowest BCUT2D eigenvalue weighted by Gasteiger charge is -2.09. The normalized spacial score (nSPS) is 15.3. The summed E-state index contributed by atoms with van der Waals surface area (Å²) in [5.41, 5.74) is 0.733. The number of pyridine rings is 1. The summed E-state index contributed by atoms with van der Waals surface area (Å²) >= 11 is 3.39. The molecular formula is C10H9BrN4O. The number of anilines is 1. The van der Waals surface area contributed by atoms with E-state index in [9.17, 15) is 4.79 Å². The second kappa shape index (κ2) is 3.55. The Kier molecular flexibility index (Phi) is 2.17. The predicted octanol–water partition coefficient (Wildman–Crippen LogP) is 1.62. The third-order valence-electron chi connectivity index (χ3n) is 2.59. The molecule has 2 aromatic rings. The van der Waals surface area contributed by atoms with Crippen LogP contribution in [0.4, 0.5) is 5.95 Å². The lowest BCUT2D eigenvalue weighted by atomic mass is 10.5. The number of aromatic nitrogens is 3. The molecule has 0 unspecified atom stereocenters. The fourth-order valence-electron chi connectivity index (χ4n) is 1.62. The third kappa shape index (κ3) is 1.49. The molecule has 1 fully saturated rings. The molecule has 0 saturated heterocycles. The molecular weight excluding hydrogens is 272 g/mol. The van der Waals surface area contributed by atoms with Crippen LogP contribution in [0.25, 0.3) is 5.65 Å². The minimum Gasteiger partial charge on any atom is -0.279 e. The number of hydrogen-bond donors (Lipinski definition) is 0. The monoisotopic (exact) mass is 280 g/mol. The van der Waals surface area contributed by atoms with Crippen LogP contribution in [0.2, 0.25) is 0 Å². The Morgan fingerprint density at radius 3 is 2.94 bits per heavy atom. The standard InChI is InChI=1S/C10H9BrN4O/c11-8-2-1-3-9-12-10(13-15(8)9)14(6-16)7-4-5-7/h1-3,6-7H,4-5H2. The first-order valence-electron chi connectivity index (χ1n) is 5.04. The van der Waals surface area contributed by atoms with E-state index in [4.69, 9.17) is 0 Å². The molecule has 2 heterocycles. The SMILES string of the molecule is O=CN(c1nc2cccc(Br)n2n1)C1CC1. The zero-order valence-electron chi connectivity index (χ0n) is 8.38. The van der Waals surface area contributed by atoms with Gasteiger partial charge in [-0.1, -0.05) is 6.07 Å². The van der Waals surface area contributed by atoms with Crippen molar-refractivity contribution in [1.29, 1.82) is 0 Å². The van der Waals surface area contributed by atoms with E-state index in [1.165, 1.54) is 0 Å². The molecule has 0 bridgehead atoms. The van der Waals surface area contributed by atoms with Crippen LogP contribution >= 0.6 is 15.9 Å². The number of carbonyl (C=O) groups is 1. The number of fused-ring (bicyclic) bond motifs is 1. The first-order chi connectivity index (χ1) is 7.79. The molecule has 0 aromatic carbocycles. The van der Waals surface area contributed by atoms with Gasteiger partial charge in [-0.15, -0.1) is 5.10 Å². The number of carbonyl (C=O) groups excluding carboxylic acids is 1. The predicted molar refractivity (Wildman–Crippen MR) is 62.3 cm³/mol. The smallest absolute Gasteiger partial charge is 0.252 e. The summed E-state index contributed by atoms with van der Waals surface area (Å²) in [6.45, 7) is 0. The lowest BCUT2D eigenvalue weighted by molar-refractivity contribution is -0.107. The highest BCUT2D eigenvalue weighted by Crippen LogP contribution is 2.29. The van der Waals surface area contributed by atoms with Crippen LogP contribution in [-0.4, -0.2) is 27.0 Å². The summed E-state index contributed by atoms with van der Waals surface area (Å²) in [6.07, 6.45) is 2.88. The van der Waals surface area contributed by atoms with Gasteiger partial charge >= 0.3 is 0 Å². The van der Waals surface area contributed by atoms with Crippen molar-refractivity contribution in [1.82, 2.24) is 14.6 Å². The van der Waals surface area contributed by atoms with Crippen molar-refractivity contribution in [2.75, 3.05) is 4.90 Å². The van der Waals surface area contributed by atoms with Gasteiger partial charge in [-0.05, 0) is 40.9 Å². The van der Waals surface area contributed by atoms with E-state index in [1.54, 1.807) is 9.42 Å². The largest absolute Gasteiger partial charge is 0.279 e. The fourth-order valence-corrected chi connectivity index (χ4v) is 2.03. The van der Waals surface area contributed by atoms with Gasteiger partial charge in [0.2, 0.25) is 6.41 Å². The molecule has 6 heteroatoms. The van der Waals surface area contributed by atoms with Crippen molar-refractivity contribution in [3.8, 4) is 0 Å². The first-order valence-corrected chi connectivity index (χ1v) is 5.84. The van der Waals surface area contributed by atoms with Crippen molar-refractivity contribution in [3.05, 3.63) is 22.8 Å². The highest BCUT2D eigenvalue weighted by Gasteiger charge is 2.31. The van der Waals surface area contributed by atoms with Crippen molar-refractivity contribution in [2.45, 2.75) is 18.9 Å². The Labute approximate surface area is 100 Å². The molecule has 2 aromatic heterocycles. The summed E-state index contributed by atoms with van der Waals surface area (Å²) in [4.78, 5) is 16.9. The molecule has 82 valence electrons. The van der Waals surface area contributed by atoms with Crippen LogP contribution in [0.15, 0.2) is 22.8 Å². The van der Waals surface area contributed by atoms with Crippen LogP contribution in [0.1, 0.15) is 12.8 Å². The van der Waals surface area contributed by atoms with Gasteiger partial charge < -0.3 is 0 Å². The third-order valence-corrected chi connectivity index (χ3v) is 3.19. The molecule has 0 atom stereocenters. The van der Waals surface area contributed by atoms with Crippen LogP contribution in [-0.2, 0) is 4.79 Å². The molecule has 1 aliphatic rings. The molecule has 5 nitrogen and oxygen atoms in total. The van der Waals surface area contributed by atoms with Crippen molar-refractivity contribution in [2.24, 2.45) is 0 Å². The summed E-state index contributed by atoms with van der Waals surface area (Å²) in [6, 6.07) is 5.92. The van der Waals surface area contributed by atoms with Gasteiger partial charge in [0.15, 0.2) is 5.65 Å². The average molecular weight is 281 g/mol. The minimum absolute atomic E-state index is 0.286. The van der Waals surface area contributed by atoms with Crippen LogP contribution in [0.5, 0.6) is 0 Å².